The molecule has 29 heavy (non-hydrogen) atoms. The van der Waals surface area contributed by atoms with Crippen LogP contribution in [0.2, 0.25) is 0 Å². The van der Waals surface area contributed by atoms with E-state index in [4.69, 9.17) is 0 Å². The Bertz CT molecular complexity index is 624. The van der Waals surface area contributed by atoms with Crippen molar-refractivity contribution < 1.29 is 10.2 Å². The molecule has 2 heteroatoms. The summed E-state index contributed by atoms with van der Waals surface area (Å²) in [6.07, 6.45) is 14.1. The van der Waals surface area contributed by atoms with E-state index in [9.17, 15) is 10.2 Å². The Labute approximate surface area is 179 Å². The minimum Gasteiger partial charge on any atom is -0.393 e. The highest BCUT2D eigenvalue weighted by Gasteiger charge is 2.59. The van der Waals surface area contributed by atoms with Gasteiger partial charge in [0, 0.05) is 0 Å². The van der Waals surface area contributed by atoms with Gasteiger partial charge in [-0.1, -0.05) is 46.3 Å². The Morgan fingerprint density at radius 1 is 1.00 bits per heavy atom. The van der Waals surface area contributed by atoms with E-state index in [-0.39, 0.29) is 12.2 Å². The van der Waals surface area contributed by atoms with Crippen LogP contribution in [0.25, 0.3) is 0 Å². The summed E-state index contributed by atoms with van der Waals surface area (Å²) in [5.41, 5.74) is 2.33. The van der Waals surface area contributed by atoms with Crippen molar-refractivity contribution in [2.75, 3.05) is 0 Å². The zero-order chi connectivity index (χ0) is 21.0. The number of fused-ring (bicyclic) bond motifs is 5. The first-order valence-electron chi connectivity index (χ1n) is 12.7. The molecule has 9 atom stereocenters. The van der Waals surface area contributed by atoms with Crippen molar-refractivity contribution in [2.24, 2.45) is 46.3 Å². The fourth-order valence-electron chi connectivity index (χ4n) is 8.58. The number of allylic oxidation sites excluding steroid dienone is 1. The van der Waals surface area contributed by atoms with Crippen LogP contribution in [0.5, 0.6) is 0 Å². The molecule has 0 aromatic rings. The molecule has 4 aliphatic rings. The van der Waals surface area contributed by atoms with Crippen molar-refractivity contribution in [2.45, 2.75) is 111 Å². The highest BCUT2D eigenvalue weighted by molar-refractivity contribution is 5.25. The molecule has 0 aliphatic heterocycles. The molecule has 0 heterocycles. The third-order valence-corrected chi connectivity index (χ3v) is 10.4. The Hall–Kier alpha value is -0.340. The molecule has 3 saturated carbocycles. The summed E-state index contributed by atoms with van der Waals surface area (Å²) in [5.74, 6) is 4.25. The second-order valence-corrected chi connectivity index (χ2v) is 12.3. The van der Waals surface area contributed by atoms with Crippen LogP contribution in [-0.4, -0.2) is 22.4 Å². The summed E-state index contributed by atoms with van der Waals surface area (Å²) >= 11 is 0. The van der Waals surface area contributed by atoms with Crippen LogP contribution in [0.1, 0.15) is 98.8 Å². The van der Waals surface area contributed by atoms with E-state index in [0.29, 0.717) is 28.6 Å². The Morgan fingerprint density at radius 2 is 1.76 bits per heavy atom. The fraction of sp³-hybridized carbons (Fsp3) is 0.926. The van der Waals surface area contributed by atoms with E-state index in [2.05, 4.69) is 40.7 Å². The van der Waals surface area contributed by atoms with Gasteiger partial charge in [-0.3, -0.25) is 0 Å². The van der Waals surface area contributed by atoms with Gasteiger partial charge in [-0.2, -0.15) is 0 Å². The standard InChI is InChI=1S/C27H46O2/c1-17(2)6-11-25(29)18(3)22-9-10-23-21-8-7-19-16-20(28)12-14-26(19,4)24(21)13-15-27(22,23)5/h7,17-18,20-25,28-29H,6,8-16H2,1-5H3/t18-,20?,21-,22+,23-,24-,25+,26-,27+/m0/s1. The van der Waals surface area contributed by atoms with Gasteiger partial charge in [-0.25, -0.2) is 0 Å². The van der Waals surface area contributed by atoms with Crippen molar-refractivity contribution in [3.63, 3.8) is 0 Å². The lowest BCUT2D eigenvalue weighted by atomic mass is 9.47. The molecule has 4 aliphatic carbocycles. The molecule has 0 radical (unpaired) electrons. The number of rotatable bonds is 5. The Morgan fingerprint density at radius 3 is 2.48 bits per heavy atom. The van der Waals surface area contributed by atoms with Crippen LogP contribution in [0.3, 0.4) is 0 Å². The second-order valence-electron chi connectivity index (χ2n) is 12.3. The maximum Gasteiger partial charge on any atom is 0.0577 e. The molecular weight excluding hydrogens is 356 g/mol. The summed E-state index contributed by atoms with van der Waals surface area (Å²) in [6.45, 7) is 12.0. The number of aliphatic hydroxyl groups excluding tert-OH is 2. The number of hydrogen-bond donors (Lipinski definition) is 2. The first-order valence-corrected chi connectivity index (χ1v) is 12.7. The monoisotopic (exact) mass is 402 g/mol. The maximum absolute atomic E-state index is 11.0. The smallest absolute Gasteiger partial charge is 0.0577 e. The SMILES string of the molecule is CC(C)CC[C@@H](O)[C@@H](C)[C@H]1CC[C@H]2[C@@H]3CC=C4CC(O)CC[C@]4(C)[C@H]3CC[C@]12C. The Kier molecular flexibility index (Phi) is 6.01. The van der Waals surface area contributed by atoms with Crippen LogP contribution in [0, 0.1) is 46.3 Å². The molecule has 166 valence electrons. The first-order chi connectivity index (χ1) is 13.7. The lowest BCUT2D eigenvalue weighted by Crippen LogP contribution is -2.51. The topological polar surface area (TPSA) is 40.5 Å². The lowest BCUT2D eigenvalue weighted by Gasteiger charge is -2.58. The molecule has 0 amide bonds. The lowest BCUT2D eigenvalue weighted by molar-refractivity contribution is -0.0681. The summed E-state index contributed by atoms with van der Waals surface area (Å²) in [4.78, 5) is 0. The summed E-state index contributed by atoms with van der Waals surface area (Å²) < 4.78 is 0. The largest absolute Gasteiger partial charge is 0.393 e. The van der Waals surface area contributed by atoms with E-state index in [1.807, 2.05) is 0 Å². The molecule has 3 fully saturated rings. The van der Waals surface area contributed by atoms with Gasteiger partial charge < -0.3 is 10.2 Å². The molecule has 0 aromatic carbocycles. The molecule has 2 nitrogen and oxygen atoms in total. The number of aliphatic hydroxyl groups is 2. The number of hydrogen-bond acceptors (Lipinski definition) is 2. The fourth-order valence-corrected chi connectivity index (χ4v) is 8.58. The van der Waals surface area contributed by atoms with E-state index in [1.54, 1.807) is 5.57 Å². The van der Waals surface area contributed by atoms with Crippen molar-refractivity contribution in [1.82, 2.24) is 0 Å². The molecule has 0 bridgehead atoms. The molecule has 0 saturated heterocycles. The van der Waals surface area contributed by atoms with Gasteiger partial charge in [0.05, 0.1) is 12.2 Å². The van der Waals surface area contributed by atoms with Crippen molar-refractivity contribution >= 4 is 0 Å². The van der Waals surface area contributed by atoms with Gasteiger partial charge in [0.2, 0.25) is 0 Å². The quantitative estimate of drug-likeness (QED) is 0.525. The third-order valence-electron chi connectivity index (χ3n) is 10.4. The summed E-state index contributed by atoms with van der Waals surface area (Å²) in [6, 6.07) is 0. The highest BCUT2D eigenvalue weighted by atomic mass is 16.3. The van der Waals surface area contributed by atoms with E-state index in [1.165, 1.54) is 38.5 Å². The maximum atomic E-state index is 11.0. The van der Waals surface area contributed by atoms with E-state index < -0.39 is 0 Å². The van der Waals surface area contributed by atoms with E-state index in [0.717, 1.165) is 43.4 Å². The molecule has 0 aromatic heterocycles. The van der Waals surface area contributed by atoms with Crippen LogP contribution >= 0.6 is 0 Å². The molecular formula is C27H46O2. The van der Waals surface area contributed by atoms with Gasteiger partial charge in [0.25, 0.3) is 0 Å². The van der Waals surface area contributed by atoms with Gasteiger partial charge in [-0.15, -0.1) is 0 Å². The van der Waals surface area contributed by atoms with Crippen LogP contribution in [0.4, 0.5) is 0 Å². The molecule has 1 unspecified atom stereocenters. The zero-order valence-corrected chi connectivity index (χ0v) is 19.7. The predicted molar refractivity (Wildman–Crippen MR) is 120 cm³/mol. The highest BCUT2D eigenvalue weighted by Crippen LogP contribution is 2.67. The van der Waals surface area contributed by atoms with Crippen molar-refractivity contribution in [3.05, 3.63) is 11.6 Å². The Balaban J connectivity index is 1.51. The zero-order valence-electron chi connectivity index (χ0n) is 19.7. The van der Waals surface area contributed by atoms with Gasteiger partial charge in [0.1, 0.15) is 0 Å². The first kappa shape index (κ1) is 21.9. The average Bonchev–Trinajstić information content (AvgIpc) is 3.03. The summed E-state index contributed by atoms with van der Waals surface area (Å²) in [5, 5.41) is 21.2. The van der Waals surface area contributed by atoms with Crippen LogP contribution < -0.4 is 0 Å². The normalized spacial score (nSPS) is 46.5. The molecule has 2 N–H and O–H groups in total. The summed E-state index contributed by atoms with van der Waals surface area (Å²) in [7, 11) is 0. The van der Waals surface area contributed by atoms with Gasteiger partial charge in [-0.05, 0) is 111 Å². The van der Waals surface area contributed by atoms with Crippen LogP contribution in [-0.2, 0) is 0 Å². The molecule has 0 spiro atoms. The minimum absolute atomic E-state index is 0.108. The second kappa shape index (κ2) is 7.97. The van der Waals surface area contributed by atoms with Gasteiger partial charge in [0.15, 0.2) is 0 Å². The van der Waals surface area contributed by atoms with Gasteiger partial charge >= 0.3 is 0 Å². The third kappa shape index (κ3) is 3.65. The van der Waals surface area contributed by atoms with Crippen LogP contribution in [0.15, 0.2) is 11.6 Å². The average molecular weight is 403 g/mol. The van der Waals surface area contributed by atoms with E-state index >= 15 is 0 Å². The van der Waals surface area contributed by atoms with Crippen molar-refractivity contribution in [1.29, 1.82) is 0 Å². The minimum atomic E-state index is -0.133. The van der Waals surface area contributed by atoms with Crippen molar-refractivity contribution in [3.8, 4) is 0 Å². The predicted octanol–water partition coefficient (Wildman–Crippen LogP) is 6.36. The molecule has 4 rings (SSSR count).